The Morgan fingerprint density at radius 2 is 2.29 bits per heavy atom. The number of hydrogen-bond acceptors (Lipinski definition) is 3. The Morgan fingerprint density at radius 1 is 1.64 bits per heavy atom. The number of nitrogens with zero attached hydrogens (tertiary/aromatic N) is 1. The van der Waals surface area contributed by atoms with Gasteiger partial charge in [0.05, 0.1) is 5.56 Å². The number of rotatable bonds is 3. The van der Waals surface area contributed by atoms with Crippen molar-refractivity contribution < 1.29 is 23.4 Å². The smallest absolute Gasteiger partial charge is 0.387 e. The summed E-state index contributed by atoms with van der Waals surface area (Å²) in [5.41, 5.74) is -0.273. The predicted octanol–water partition coefficient (Wildman–Crippen LogP) is 2.03. The van der Waals surface area contributed by atoms with Crippen LogP contribution in [0.25, 0.3) is 0 Å². The van der Waals surface area contributed by atoms with Crippen molar-refractivity contribution in [3.8, 4) is 5.75 Å². The summed E-state index contributed by atoms with van der Waals surface area (Å²) in [6.07, 6.45) is 0.947. The van der Waals surface area contributed by atoms with Gasteiger partial charge in [-0.05, 0) is 6.07 Å². The van der Waals surface area contributed by atoms with Crippen molar-refractivity contribution in [3.05, 3.63) is 23.0 Å². The van der Waals surface area contributed by atoms with Crippen LogP contribution in [0.1, 0.15) is 10.4 Å². The summed E-state index contributed by atoms with van der Waals surface area (Å²) in [5, 5.41) is 8.20. The van der Waals surface area contributed by atoms with E-state index < -0.39 is 18.3 Å². The summed E-state index contributed by atoms with van der Waals surface area (Å²) >= 11 is 5.38. The molecule has 7 heteroatoms. The number of halogens is 3. The van der Waals surface area contributed by atoms with Gasteiger partial charge in [0, 0.05) is 6.20 Å². The van der Waals surface area contributed by atoms with E-state index in [2.05, 4.69) is 9.72 Å². The molecule has 0 bridgehead atoms. The number of hydrogen-bond donors (Lipinski definition) is 1. The highest BCUT2D eigenvalue weighted by Gasteiger charge is 2.13. The van der Waals surface area contributed by atoms with Crippen LogP contribution in [0.4, 0.5) is 8.78 Å². The fraction of sp³-hybridized carbons (Fsp3) is 0.143. The molecule has 1 aromatic rings. The fourth-order valence-corrected chi connectivity index (χ4v) is 0.871. The first-order valence-corrected chi connectivity index (χ1v) is 3.72. The molecule has 14 heavy (non-hydrogen) atoms. The highest BCUT2D eigenvalue weighted by atomic mass is 35.5. The number of aromatic carboxylic acids is 1. The van der Waals surface area contributed by atoms with E-state index in [4.69, 9.17) is 16.7 Å². The maximum absolute atomic E-state index is 11.8. The van der Waals surface area contributed by atoms with Crippen LogP contribution in [-0.4, -0.2) is 22.7 Å². The topological polar surface area (TPSA) is 59.4 Å². The molecular weight excluding hydrogens is 220 g/mol. The van der Waals surface area contributed by atoms with Gasteiger partial charge in [-0.1, -0.05) is 11.6 Å². The summed E-state index contributed by atoms with van der Waals surface area (Å²) in [6, 6.07) is 0.879. The second kappa shape index (κ2) is 4.19. The van der Waals surface area contributed by atoms with E-state index in [1.807, 2.05) is 0 Å². The van der Waals surface area contributed by atoms with Crippen LogP contribution < -0.4 is 4.74 Å². The van der Waals surface area contributed by atoms with E-state index in [1.165, 1.54) is 0 Å². The highest BCUT2D eigenvalue weighted by Crippen LogP contribution is 2.24. The van der Waals surface area contributed by atoms with E-state index in [-0.39, 0.29) is 10.7 Å². The molecule has 0 saturated heterocycles. The van der Waals surface area contributed by atoms with Gasteiger partial charge in [0.1, 0.15) is 0 Å². The Balaban J connectivity index is 3.02. The van der Waals surface area contributed by atoms with E-state index in [0.29, 0.717) is 0 Å². The standard InChI is InChI=1S/C7H4ClF2NO3/c8-5-4(14-7(9)10)1-3(2-11-5)6(12)13/h1-2,7H,(H,12,13). The third kappa shape index (κ3) is 2.53. The molecule has 0 unspecified atom stereocenters. The maximum atomic E-state index is 11.8. The van der Waals surface area contributed by atoms with Gasteiger partial charge >= 0.3 is 12.6 Å². The van der Waals surface area contributed by atoms with Gasteiger partial charge in [-0.25, -0.2) is 9.78 Å². The molecule has 0 fully saturated rings. The molecule has 0 aliphatic rings. The molecule has 76 valence electrons. The minimum atomic E-state index is -3.07. The number of alkyl halides is 2. The summed E-state index contributed by atoms with van der Waals surface area (Å²) in [4.78, 5) is 13.8. The SMILES string of the molecule is O=C(O)c1cnc(Cl)c(OC(F)F)c1. The van der Waals surface area contributed by atoms with Crippen LogP contribution >= 0.6 is 11.6 Å². The van der Waals surface area contributed by atoms with Crippen molar-refractivity contribution in [1.82, 2.24) is 4.98 Å². The van der Waals surface area contributed by atoms with Crippen LogP contribution in [0.5, 0.6) is 5.75 Å². The third-order valence-electron chi connectivity index (χ3n) is 1.27. The lowest BCUT2D eigenvalue weighted by Gasteiger charge is -2.05. The van der Waals surface area contributed by atoms with E-state index >= 15 is 0 Å². The average molecular weight is 224 g/mol. The van der Waals surface area contributed by atoms with Crippen LogP contribution in [0.15, 0.2) is 12.3 Å². The molecule has 1 rings (SSSR count). The molecular formula is C7H4ClF2NO3. The highest BCUT2D eigenvalue weighted by molar-refractivity contribution is 6.30. The molecule has 1 aromatic heterocycles. The Kier molecular flexibility index (Phi) is 3.19. The molecule has 4 nitrogen and oxygen atoms in total. The first-order valence-electron chi connectivity index (χ1n) is 3.34. The zero-order valence-electron chi connectivity index (χ0n) is 6.58. The summed E-state index contributed by atoms with van der Waals surface area (Å²) in [7, 11) is 0. The number of ether oxygens (including phenoxy) is 1. The quantitative estimate of drug-likeness (QED) is 0.797. The summed E-state index contributed by atoms with van der Waals surface area (Å²) in [6.45, 7) is -3.07. The second-order valence-corrected chi connectivity index (χ2v) is 2.55. The number of carboxylic acids is 1. The van der Waals surface area contributed by atoms with Crippen molar-refractivity contribution in [2.24, 2.45) is 0 Å². The monoisotopic (exact) mass is 223 g/mol. The van der Waals surface area contributed by atoms with Crippen molar-refractivity contribution in [2.45, 2.75) is 6.61 Å². The molecule has 1 heterocycles. The van der Waals surface area contributed by atoms with Crippen molar-refractivity contribution >= 4 is 17.6 Å². The van der Waals surface area contributed by atoms with Crippen molar-refractivity contribution in [2.75, 3.05) is 0 Å². The lowest BCUT2D eigenvalue weighted by Crippen LogP contribution is -2.05. The van der Waals surface area contributed by atoms with Gasteiger partial charge in [-0.2, -0.15) is 8.78 Å². The first-order chi connectivity index (χ1) is 6.50. The minimum Gasteiger partial charge on any atom is -0.478 e. The molecule has 1 N–H and O–H groups in total. The van der Waals surface area contributed by atoms with Gasteiger partial charge in [-0.15, -0.1) is 0 Å². The maximum Gasteiger partial charge on any atom is 0.387 e. The largest absolute Gasteiger partial charge is 0.478 e. The summed E-state index contributed by atoms with van der Waals surface area (Å²) in [5.74, 6) is -1.75. The van der Waals surface area contributed by atoms with Crippen molar-refractivity contribution in [1.29, 1.82) is 0 Å². The predicted molar refractivity (Wildman–Crippen MR) is 42.8 cm³/mol. The molecule has 0 aliphatic carbocycles. The number of carbonyl (C=O) groups is 1. The normalized spacial score (nSPS) is 10.3. The fourth-order valence-electron chi connectivity index (χ4n) is 0.723. The van der Waals surface area contributed by atoms with E-state index in [9.17, 15) is 13.6 Å². The zero-order chi connectivity index (χ0) is 10.7. The van der Waals surface area contributed by atoms with Gasteiger partial charge in [0.25, 0.3) is 0 Å². The number of carboxylic acid groups (broad SMARTS) is 1. The van der Waals surface area contributed by atoms with E-state index in [0.717, 1.165) is 12.3 Å². The van der Waals surface area contributed by atoms with Gasteiger partial charge in [0.2, 0.25) is 0 Å². The lowest BCUT2D eigenvalue weighted by atomic mass is 10.3. The Morgan fingerprint density at radius 3 is 2.79 bits per heavy atom. The molecule has 0 spiro atoms. The second-order valence-electron chi connectivity index (χ2n) is 2.20. The molecule has 0 atom stereocenters. The summed E-state index contributed by atoms with van der Waals surface area (Å²) < 4.78 is 27.5. The molecule has 0 aromatic carbocycles. The first kappa shape index (κ1) is 10.6. The molecule has 0 amide bonds. The van der Waals surface area contributed by atoms with Crippen LogP contribution in [0.2, 0.25) is 5.15 Å². The van der Waals surface area contributed by atoms with E-state index in [1.54, 1.807) is 0 Å². The molecule has 0 aliphatic heterocycles. The van der Waals surface area contributed by atoms with Gasteiger partial charge in [-0.3, -0.25) is 0 Å². The number of pyridine rings is 1. The van der Waals surface area contributed by atoms with Crippen LogP contribution in [-0.2, 0) is 0 Å². The minimum absolute atomic E-state index is 0.273. The Labute approximate surface area is 82.1 Å². The average Bonchev–Trinajstić information content (AvgIpc) is 2.07. The molecule has 0 saturated carbocycles. The van der Waals surface area contributed by atoms with Gasteiger partial charge < -0.3 is 9.84 Å². The van der Waals surface area contributed by atoms with Crippen LogP contribution in [0, 0.1) is 0 Å². The van der Waals surface area contributed by atoms with Crippen molar-refractivity contribution in [3.63, 3.8) is 0 Å². The lowest BCUT2D eigenvalue weighted by molar-refractivity contribution is -0.0500. The van der Waals surface area contributed by atoms with Crippen LogP contribution in [0.3, 0.4) is 0 Å². The molecule has 0 radical (unpaired) electrons. The Bertz CT molecular complexity index is 359. The Hall–Kier alpha value is -1.43. The zero-order valence-corrected chi connectivity index (χ0v) is 7.33. The van der Waals surface area contributed by atoms with Gasteiger partial charge in [0.15, 0.2) is 10.9 Å². The third-order valence-corrected chi connectivity index (χ3v) is 1.55. The number of aromatic nitrogens is 1.